The van der Waals surface area contributed by atoms with Gasteiger partial charge in [0, 0.05) is 33.6 Å². The van der Waals surface area contributed by atoms with E-state index >= 15 is 0 Å². The molecule has 5 nitrogen and oxygen atoms in total. The number of carbonyl (C=O) groups excluding carboxylic acids is 1. The van der Waals surface area contributed by atoms with Crippen molar-refractivity contribution in [3.63, 3.8) is 0 Å². The number of benzene rings is 1. The zero-order valence-electron chi connectivity index (χ0n) is 16.4. The summed E-state index contributed by atoms with van der Waals surface area (Å²) in [5.41, 5.74) is 5.13. The minimum atomic E-state index is -3.60. The molecule has 1 aromatic carbocycles. The summed E-state index contributed by atoms with van der Waals surface area (Å²) in [7, 11) is -0.244. The summed E-state index contributed by atoms with van der Waals surface area (Å²) in [6, 6.07) is 3.75. The molecule has 2 aromatic rings. The molecule has 3 rings (SSSR count). The zero-order chi connectivity index (χ0) is 19.9. The normalized spacial score (nSPS) is 17.9. The lowest BCUT2D eigenvalue weighted by Gasteiger charge is -2.22. The molecule has 0 spiro atoms. The number of carbonyl (C=O) groups is 1. The van der Waals surface area contributed by atoms with Crippen LogP contribution in [0.25, 0.3) is 11.1 Å². The van der Waals surface area contributed by atoms with Crippen molar-refractivity contribution in [3.8, 4) is 11.1 Å². The van der Waals surface area contributed by atoms with E-state index in [1.54, 1.807) is 36.4 Å². The molecule has 0 bridgehead atoms. The van der Waals surface area contributed by atoms with E-state index in [1.807, 2.05) is 19.9 Å². The minimum Gasteiger partial charge on any atom is -0.345 e. The summed E-state index contributed by atoms with van der Waals surface area (Å²) < 4.78 is 27.7. The number of rotatable bonds is 5. The number of aryl methyl sites for hydroxylation is 3. The van der Waals surface area contributed by atoms with Crippen molar-refractivity contribution in [3.05, 3.63) is 39.6 Å². The Hall–Kier alpha value is -1.70. The standard InChI is InChI=1S/C20H26N2O3S2/c1-13-7-19(14(2)6-17(13)18-12-26-11-15(18)3)27(24,25)22(5)10-16-8-20(23)21(4)9-16/h6-7,11-12,16H,8-10H2,1-5H3. The quantitative estimate of drug-likeness (QED) is 0.764. The van der Waals surface area contributed by atoms with Crippen LogP contribution in [-0.2, 0) is 14.8 Å². The number of thiophene rings is 1. The lowest BCUT2D eigenvalue weighted by molar-refractivity contribution is -0.126. The topological polar surface area (TPSA) is 57.7 Å². The number of hydrogen-bond acceptors (Lipinski definition) is 4. The van der Waals surface area contributed by atoms with E-state index < -0.39 is 10.0 Å². The molecule has 1 saturated heterocycles. The predicted molar refractivity (Wildman–Crippen MR) is 110 cm³/mol. The van der Waals surface area contributed by atoms with Crippen molar-refractivity contribution < 1.29 is 13.2 Å². The summed E-state index contributed by atoms with van der Waals surface area (Å²) in [6.45, 7) is 6.82. The van der Waals surface area contributed by atoms with Gasteiger partial charge in [-0.3, -0.25) is 4.79 Å². The molecular weight excluding hydrogens is 380 g/mol. The molecule has 146 valence electrons. The Balaban J connectivity index is 1.89. The number of nitrogens with zero attached hydrogens (tertiary/aromatic N) is 2. The Morgan fingerprint density at radius 3 is 2.37 bits per heavy atom. The van der Waals surface area contributed by atoms with Crippen molar-refractivity contribution in [1.82, 2.24) is 9.21 Å². The first-order valence-corrected chi connectivity index (χ1v) is 11.3. The SMILES string of the molecule is Cc1cscc1-c1cc(C)c(S(=O)(=O)N(C)CC2CC(=O)N(C)C2)cc1C. The third-order valence-corrected chi connectivity index (χ3v) is 8.12. The number of likely N-dealkylation sites (tertiary alicyclic amines) is 1. The summed E-state index contributed by atoms with van der Waals surface area (Å²) in [4.78, 5) is 13.7. The molecule has 0 N–H and O–H groups in total. The van der Waals surface area contributed by atoms with E-state index in [9.17, 15) is 13.2 Å². The van der Waals surface area contributed by atoms with Crippen molar-refractivity contribution in [2.24, 2.45) is 5.92 Å². The number of amides is 1. The molecular formula is C20H26N2O3S2. The second-order valence-corrected chi connectivity index (χ2v) is 10.3. The molecule has 2 heterocycles. The van der Waals surface area contributed by atoms with Crippen LogP contribution in [0.2, 0.25) is 0 Å². The van der Waals surface area contributed by atoms with Gasteiger partial charge < -0.3 is 4.90 Å². The number of hydrogen-bond donors (Lipinski definition) is 0. The van der Waals surface area contributed by atoms with Crippen molar-refractivity contribution in [2.45, 2.75) is 32.1 Å². The lowest BCUT2D eigenvalue weighted by Crippen LogP contribution is -2.33. The first-order valence-electron chi connectivity index (χ1n) is 8.96. The monoisotopic (exact) mass is 406 g/mol. The van der Waals surface area contributed by atoms with E-state index in [1.165, 1.54) is 9.87 Å². The van der Waals surface area contributed by atoms with Crippen LogP contribution >= 0.6 is 11.3 Å². The molecule has 1 unspecified atom stereocenters. The molecule has 27 heavy (non-hydrogen) atoms. The highest BCUT2D eigenvalue weighted by Gasteiger charge is 2.32. The molecule has 1 amide bonds. The summed E-state index contributed by atoms with van der Waals surface area (Å²) in [5, 5.41) is 4.20. The fourth-order valence-corrected chi connectivity index (χ4v) is 6.09. The first kappa shape index (κ1) is 20.0. The second kappa shape index (κ2) is 7.37. The van der Waals surface area contributed by atoms with Crippen LogP contribution in [0.3, 0.4) is 0 Å². The highest BCUT2D eigenvalue weighted by atomic mass is 32.2. The maximum absolute atomic E-state index is 13.2. The molecule has 1 aliphatic rings. The summed E-state index contributed by atoms with van der Waals surface area (Å²) in [6.07, 6.45) is 0.407. The molecule has 0 radical (unpaired) electrons. The van der Waals surface area contributed by atoms with Gasteiger partial charge in [-0.05, 0) is 77.4 Å². The highest BCUT2D eigenvalue weighted by Crippen LogP contribution is 2.33. The van der Waals surface area contributed by atoms with Crippen LogP contribution in [0, 0.1) is 26.7 Å². The summed E-state index contributed by atoms with van der Waals surface area (Å²) >= 11 is 1.65. The van der Waals surface area contributed by atoms with Crippen LogP contribution < -0.4 is 0 Å². The van der Waals surface area contributed by atoms with Gasteiger partial charge in [0.15, 0.2) is 0 Å². The van der Waals surface area contributed by atoms with Crippen LogP contribution in [-0.4, -0.2) is 50.7 Å². The van der Waals surface area contributed by atoms with Crippen LogP contribution in [0.4, 0.5) is 0 Å². The van der Waals surface area contributed by atoms with Crippen LogP contribution in [0.5, 0.6) is 0 Å². The Kier molecular flexibility index (Phi) is 5.47. The smallest absolute Gasteiger partial charge is 0.243 e. The first-order chi connectivity index (χ1) is 12.6. The second-order valence-electron chi connectivity index (χ2n) is 7.53. The predicted octanol–water partition coefficient (Wildman–Crippen LogP) is 3.44. The Morgan fingerprint density at radius 2 is 1.81 bits per heavy atom. The Bertz CT molecular complexity index is 979. The van der Waals surface area contributed by atoms with E-state index in [4.69, 9.17) is 0 Å². The van der Waals surface area contributed by atoms with Gasteiger partial charge in [0.2, 0.25) is 15.9 Å². The maximum Gasteiger partial charge on any atom is 0.243 e. The third kappa shape index (κ3) is 3.81. The molecule has 1 aliphatic heterocycles. The lowest BCUT2D eigenvalue weighted by atomic mass is 9.98. The largest absolute Gasteiger partial charge is 0.345 e. The molecule has 0 saturated carbocycles. The van der Waals surface area contributed by atoms with E-state index in [0.29, 0.717) is 24.4 Å². The van der Waals surface area contributed by atoms with Crippen molar-refractivity contribution >= 4 is 27.3 Å². The molecule has 1 aromatic heterocycles. The highest BCUT2D eigenvalue weighted by molar-refractivity contribution is 7.89. The molecule has 1 atom stereocenters. The third-order valence-electron chi connectivity index (χ3n) is 5.29. The van der Waals surface area contributed by atoms with Crippen molar-refractivity contribution in [2.75, 3.05) is 27.2 Å². The molecule has 0 aliphatic carbocycles. The van der Waals surface area contributed by atoms with Gasteiger partial charge in [0.25, 0.3) is 0 Å². The van der Waals surface area contributed by atoms with Gasteiger partial charge in [-0.25, -0.2) is 12.7 Å². The average Bonchev–Trinajstić information content (AvgIpc) is 3.14. The van der Waals surface area contributed by atoms with Gasteiger partial charge in [-0.1, -0.05) is 0 Å². The van der Waals surface area contributed by atoms with E-state index in [2.05, 4.69) is 17.7 Å². The van der Waals surface area contributed by atoms with E-state index in [-0.39, 0.29) is 11.8 Å². The fraction of sp³-hybridized carbons (Fsp3) is 0.450. The van der Waals surface area contributed by atoms with Crippen molar-refractivity contribution in [1.29, 1.82) is 0 Å². The zero-order valence-corrected chi connectivity index (χ0v) is 18.1. The van der Waals surface area contributed by atoms with Crippen LogP contribution in [0.15, 0.2) is 27.8 Å². The fourth-order valence-electron chi connectivity index (χ4n) is 3.70. The summed E-state index contributed by atoms with van der Waals surface area (Å²) in [5.74, 6) is 0.115. The average molecular weight is 407 g/mol. The van der Waals surface area contributed by atoms with Crippen LogP contribution in [0.1, 0.15) is 23.1 Å². The Labute approximate surface area is 165 Å². The van der Waals surface area contributed by atoms with Gasteiger partial charge in [0.05, 0.1) is 4.90 Å². The Morgan fingerprint density at radius 1 is 1.11 bits per heavy atom. The van der Waals surface area contributed by atoms with Gasteiger partial charge in [0.1, 0.15) is 0 Å². The molecule has 7 heteroatoms. The minimum absolute atomic E-state index is 0.0383. The number of sulfonamides is 1. The molecule has 1 fully saturated rings. The van der Waals surface area contributed by atoms with Gasteiger partial charge in [-0.15, -0.1) is 0 Å². The maximum atomic E-state index is 13.2. The van der Waals surface area contributed by atoms with Gasteiger partial charge in [-0.2, -0.15) is 11.3 Å². The van der Waals surface area contributed by atoms with E-state index in [0.717, 1.165) is 22.3 Å². The van der Waals surface area contributed by atoms with Gasteiger partial charge >= 0.3 is 0 Å².